The van der Waals surface area contributed by atoms with Gasteiger partial charge in [-0.2, -0.15) is 5.10 Å². The summed E-state index contributed by atoms with van der Waals surface area (Å²) >= 11 is 7.83. The van der Waals surface area contributed by atoms with Gasteiger partial charge in [0.15, 0.2) is 6.10 Å². The van der Waals surface area contributed by atoms with E-state index in [2.05, 4.69) is 29.3 Å². The number of esters is 1. The fourth-order valence-electron chi connectivity index (χ4n) is 5.56. The zero-order valence-corrected chi connectivity index (χ0v) is 27.4. The molecule has 10 heteroatoms. The summed E-state index contributed by atoms with van der Waals surface area (Å²) in [6, 6.07) is 13.9. The van der Waals surface area contributed by atoms with Crippen LogP contribution in [0.5, 0.6) is 0 Å². The van der Waals surface area contributed by atoms with E-state index in [4.69, 9.17) is 31.0 Å². The lowest BCUT2D eigenvalue weighted by Gasteiger charge is -2.29. The average Bonchev–Trinajstić information content (AvgIpc) is 3.69. The van der Waals surface area contributed by atoms with Crippen molar-refractivity contribution in [2.24, 2.45) is 7.05 Å². The van der Waals surface area contributed by atoms with Crippen LogP contribution in [0, 0.1) is 13.8 Å². The van der Waals surface area contributed by atoms with E-state index < -0.39 is 17.7 Å². The first-order chi connectivity index (χ1) is 20.9. The van der Waals surface area contributed by atoms with Crippen LogP contribution in [0.1, 0.15) is 50.5 Å². The van der Waals surface area contributed by atoms with Crippen molar-refractivity contribution in [2.75, 3.05) is 6.61 Å². The predicted molar refractivity (Wildman–Crippen MR) is 177 cm³/mol. The highest BCUT2D eigenvalue weighted by molar-refractivity contribution is 7.22. The molecule has 0 aliphatic rings. The smallest absolute Gasteiger partial charge is 0.339 e. The van der Waals surface area contributed by atoms with Gasteiger partial charge in [-0.3, -0.25) is 5.10 Å². The van der Waals surface area contributed by atoms with Crippen molar-refractivity contribution in [3.05, 3.63) is 76.6 Å². The Morgan fingerprint density at radius 2 is 1.82 bits per heavy atom. The quantitative estimate of drug-likeness (QED) is 0.178. The van der Waals surface area contributed by atoms with Crippen molar-refractivity contribution in [3.63, 3.8) is 0 Å². The highest BCUT2D eigenvalue weighted by Gasteiger charge is 2.33. The Balaban J connectivity index is 1.54. The number of imidazole rings is 1. The van der Waals surface area contributed by atoms with Gasteiger partial charge in [0.25, 0.3) is 0 Å². The number of H-pyrrole nitrogens is 1. The van der Waals surface area contributed by atoms with E-state index in [9.17, 15) is 4.79 Å². The van der Waals surface area contributed by atoms with Gasteiger partial charge in [-0.25, -0.2) is 14.8 Å². The molecule has 0 aliphatic heterocycles. The van der Waals surface area contributed by atoms with Gasteiger partial charge in [-0.1, -0.05) is 23.7 Å². The number of fused-ring (bicyclic) bond motifs is 2. The van der Waals surface area contributed by atoms with Gasteiger partial charge in [0, 0.05) is 40.3 Å². The molecular weight excluding hydrogens is 594 g/mol. The van der Waals surface area contributed by atoms with Crippen molar-refractivity contribution >= 4 is 50.0 Å². The van der Waals surface area contributed by atoms with E-state index in [1.54, 1.807) is 18.3 Å². The van der Waals surface area contributed by atoms with E-state index in [0.29, 0.717) is 5.02 Å². The summed E-state index contributed by atoms with van der Waals surface area (Å²) in [5.41, 5.74) is 7.53. The monoisotopic (exact) mass is 627 g/mol. The van der Waals surface area contributed by atoms with Gasteiger partial charge in [0.05, 0.1) is 34.1 Å². The van der Waals surface area contributed by atoms with Crippen molar-refractivity contribution in [1.29, 1.82) is 0 Å². The highest BCUT2D eigenvalue weighted by atomic mass is 35.5. The number of hydrogen-bond acceptors (Lipinski definition) is 7. The molecule has 6 rings (SSSR count). The normalized spacial score (nSPS) is 12.7. The number of hydrogen-bond donors (Lipinski definition) is 1. The van der Waals surface area contributed by atoms with Gasteiger partial charge in [0.1, 0.15) is 16.5 Å². The molecule has 44 heavy (non-hydrogen) atoms. The molecule has 0 amide bonds. The number of aromatic nitrogens is 5. The first kappa shape index (κ1) is 30.0. The molecular formula is C34H34ClN5O3S. The first-order valence-electron chi connectivity index (χ1n) is 14.5. The molecule has 1 atom stereocenters. The predicted octanol–water partition coefficient (Wildman–Crippen LogP) is 8.60. The van der Waals surface area contributed by atoms with Gasteiger partial charge in [0.2, 0.25) is 0 Å². The van der Waals surface area contributed by atoms with E-state index in [1.165, 1.54) is 0 Å². The Labute approximate surface area is 265 Å². The second-order valence-electron chi connectivity index (χ2n) is 11.9. The minimum Gasteiger partial charge on any atom is -0.464 e. The lowest BCUT2D eigenvalue weighted by Crippen LogP contribution is -2.29. The molecule has 0 spiro atoms. The topological polar surface area (TPSA) is 94.9 Å². The number of rotatable bonds is 7. The summed E-state index contributed by atoms with van der Waals surface area (Å²) in [4.78, 5) is 23.5. The van der Waals surface area contributed by atoms with Crippen molar-refractivity contribution in [3.8, 4) is 33.2 Å². The number of nitrogens with zero attached hydrogens (tertiary/aromatic N) is 4. The molecule has 0 saturated heterocycles. The van der Waals surface area contributed by atoms with E-state index in [1.807, 2.05) is 82.0 Å². The van der Waals surface area contributed by atoms with Crippen LogP contribution in [0.2, 0.25) is 5.02 Å². The molecule has 3 aromatic carbocycles. The number of carbonyl (C=O) groups excluding carboxylic acids is 1. The van der Waals surface area contributed by atoms with Crippen molar-refractivity contribution in [2.45, 2.75) is 53.2 Å². The fraction of sp³-hybridized carbons (Fsp3) is 0.294. The Hall–Kier alpha value is -4.05. The highest BCUT2D eigenvalue weighted by Crippen LogP contribution is 2.44. The Morgan fingerprint density at radius 1 is 1.07 bits per heavy atom. The number of carbonyl (C=O) groups is 1. The molecule has 0 aliphatic carbocycles. The van der Waals surface area contributed by atoms with Gasteiger partial charge >= 0.3 is 5.97 Å². The first-order valence-corrected chi connectivity index (χ1v) is 15.6. The van der Waals surface area contributed by atoms with Crippen molar-refractivity contribution < 1.29 is 14.3 Å². The third kappa shape index (κ3) is 5.63. The Kier molecular flexibility index (Phi) is 7.82. The zero-order chi connectivity index (χ0) is 31.3. The minimum atomic E-state index is -0.932. The van der Waals surface area contributed by atoms with Crippen LogP contribution >= 0.6 is 22.9 Å². The summed E-state index contributed by atoms with van der Waals surface area (Å²) in [6.07, 6.45) is 2.90. The summed E-state index contributed by atoms with van der Waals surface area (Å²) in [5, 5.41) is 9.70. The van der Waals surface area contributed by atoms with Crippen LogP contribution in [0.25, 0.3) is 54.3 Å². The van der Waals surface area contributed by atoms with Crippen LogP contribution in [0.4, 0.5) is 0 Å². The Morgan fingerprint density at radius 3 is 2.52 bits per heavy atom. The summed E-state index contributed by atoms with van der Waals surface area (Å²) in [7, 11) is 1.99. The van der Waals surface area contributed by atoms with Crippen LogP contribution < -0.4 is 0 Å². The van der Waals surface area contributed by atoms with Gasteiger partial charge in [-0.15, -0.1) is 11.3 Å². The fourth-order valence-corrected chi connectivity index (χ4v) is 6.77. The van der Waals surface area contributed by atoms with E-state index in [-0.39, 0.29) is 6.61 Å². The third-order valence-electron chi connectivity index (χ3n) is 7.39. The summed E-state index contributed by atoms with van der Waals surface area (Å²) in [6.45, 7) is 11.9. The van der Waals surface area contributed by atoms with Gasteiger partial charge in [-0.05, 0) is 88.6 Å². The maximum atomic E-state index is 13.4. The Bertz CT molecular complexity index is 2020. The average molecular weight is 628 g/mol. The second-order valence-corrected chi connectivity index (χ2v) is 13.3. The van der Waals surface area contributed by atoms with Crippen LogP contribution in [-0.2, 0) is 21.3 Å². The number of thiazole rings is 1. The maximum Gasteiger partial charge on any atom is 0.339 e. The molecule has 0 radical (unpaired) electrons. The molecule has 3 heterocycles. The minimum absolute atomic E-state index is 0.250. The standard InChI is InChI=1S/C34H34ClN5O3S/c1-8-42-33(41)29(43-34(4,5)6)26-18(2)14-24-30(27(26)20-9-11-23(35)12-10-20)44-32(38-24)25-17-40(7)31(37-25)21-13-19(3)28-22(15-21)16-36-39-28/h9-17,29H,8H2,1-7H3,(H,36,39)/t29-/m0/s1. The van der Waals surface area contributed by atoms with E-state index in [0.717, 1.165) is 71.0 Å². The molecule has 0 saturated carbocycles. The number of aromatic amines is 1. The molecule has 1 N–H and O–H groups in total. The van der Waals surface area contributed by atoms with E-state index >= 15 is 0 Å². The molecule has 0 fully saturated rings. The van der Waals surface area contributed by atoms with Crippen LogP contribution in [-0.4, -0.2) is 42.9 Å². The number of benzene rings is 3. The SMILES string of the molecule is CCOC(=O)[C@@H](OC(C)(C)C)c1c(C)cc2nc(-c3cn(C)c(-c4cc(C)c5[nH]ncc5c4)n3)sc2c1-c1ccc(Cl)cc1. The third-order valence-corrected chi connectivity index (χ3v) is 8.76. The van der Waals surface area contributed by atoms with Gasteiger partial charge < -0.3 is 14.0 Å². The second kappa shape index (κ2) is 11.5. The molecule has 0 bridgehead atoms. The summed E-state index contributed by atoms with van der Waals surface area (Å²) < 4.78 is 14.9. The molecule has 8 nitrogen and oxygen atoms in total. The lowest BCUT2D eigenvalue weighted by atomic mass is 9.91. The maximum absolute atomic E-state index is 13.4. The molecule has 3 aromatic heterocycles. The number of ether oxygens (including phenoxy) is 2. The number of nitrogens with one attached hydrogen (secondary N) is 1. The lowest BCUT2D eigenvalue weighted by molar-refractivity contribution is -0.166. The van der Waals surface area contributed by atoms with Crippen LogP contribution in [0.3, 0.4) is 0 Å². The zero-order valence-electron chi connectivity index (χ0n) is 25.8. The molecule has 226 valence electrons. The molecule has 6 aromatic rings. The number of aryl methyl sites for hydroxylation is 3. The summed E-state index contributed by atoms with van der Waals surface area (Å²) in [5.74, 6) is 0.408. The van der Waals surface area contributed by atoms with Crippen molar-refractivity contribution in [1.82, 2.24) is 24.7 Å². The largest absolute Gasteiger partial charge is 0.464 e. The number of halogens is 1. The molecule has 0 unspecified atom stereocenters. The van der Waals surface area contributed by atoms with Crippen LogP contribution in [0.15, 0.2) is 54.9 Å².